The Morgan fingerprint density at radius 2 is 1.94 bits per heavy atom. The number of aryl methyl sites for hydroxylation is 2. The van der Waals surface area contributed by atoms with Gasteiger partial charge < -0.3 is 5.32 Å². The molecule has 0 radical (unpaired) electrons. The van der Waals surface area contributed by atoms with Crippen molar-refractivity contribution in [3.63, 3.8) is 0 Å². The summed E-state index contributed by atoms with van der Waals surface area (Å²) in [6, 6.07) is 5.74. The summed E-state index contributed by atoms with van der Waals surface area (Å²) in [4.78, 5) is 10.7. The zero-order chi connectivity index (χ0) is 12.8. The Balaban J connectivity index is 2.92. The lowest BCUT2D eigenvalue weighted by Gasteiger charge is -2.03. The van der Waals surface area contributed by atoms with E-state index in [1.165, 1.54) is 6.92 Å². The van der Waals surface area contributed by atoms with E-state index in [1.807, 2.05) is 26.0 Å². The summed E-state index contributed by atoms with van der Waals surface area (Å²) in [6.07, 6.45) is 0. The van der Waals surface area contributed by atoms with Crippen molar-refractivity contribution in [1.82, 2.24) is 5.32 Å². The number of hydrogen-bond acceptors (Lipinski definition) is 2. The predicted molar refractivity (Wildman–Crippen MR) is 66.2 cm³/mol. The lowest BCUT2D eigenvalue weighted by atomic mass is 10.0. The fraction of sp³-hybridized carbons (Fsp3) is 0.286. The van der Waals surface area contributed by atoms with Crippen molar-refractivity contribution in [1.29, 1.82) is 5.26 Å². The topological polar surface area (TPSA) is 52.9 Å². The van der Waals surface area contributed by atoms with Gasteiger partial charge in [-0.1, -0.05) is 11.8 Å². The van der Waals surface area contributed by atoms with E-state index in [4.69, 9.17) is 5.26 Å². The Labute approximate surface area is 101 Å². The highest BCUT2D eigenvalue weighted by Crippen LogP contribution is 2.14. The molecule has 0 saturated carbocycles. The Morgan fingerprint density at radius 3 is 2.41 bits per heavy atom. The van der Waals surface area contributed by atoms with Crippen LogP contribution in [0.15, 0.2) is 12.1 Å². The van der Waals surface area contributed by atoms with E-state index in [2.05, 4.69) is 23.2 Å². The summed E-state index contributed by atoms with van der Waals surface area (Å²) in [7, 11) is 0. The highest BCUT2D eigenvalue weighted by Gasteiger charge is 2.02. The first-order valence-electron chi connectivity index (χ1n) is 5.29. The molecule has 0 aliphatic rings. The van der Waals surface area contributed by atoms with Crippen LogP contribution in [0, 0.1) is 37.0 Å². The SMILES string of the molecule is CC(=O)NCC#Cc1c(C)cc(C#N)cc1C. The Bertz CT molecular complexity index is 519. The van der Waals surface area contributed by atoms with Crippen molar-refractivity contribution in [2.24, 2.45) is 0 Å². The van der Waals surface area contributed by atoms with Gasteiger partial charge in [-0.15, -0.1) is 0 Å². The monoisotopic (exact) mass is 226 g/mol. The average Bonchev–Trinajstić information content (AvgIpc) is 2.26. The Hall–Kier alpha value is -2.26. The third kappa shape index (κ3) is 3.66. The molecule has 0 atom stereocenters. The smallest absolute Gasteiger partial charge is 0.217 e. The highest BCUT2D eigenvalue weighted by atomic mass is 16.1. The number of nitrogens with one attached hydrogen (secondary N) is 1. The van der Waals surface area contributed by atoms with E-state index in [1.54, 1.807) is 0 Å². The molecule has 0 saturated heterocycles. The second-order valence-electron chi connectivity index (χ2n) is 3.81. The number of hydrogen-bond donors (Lipinski definition) is 1. The van der Waals surface area contributed by atoms with Crippen molar-refractivity contribution >= 4 is 5.91 Å². The van der Waals surface area contributed by atoms with Gasteiger partial charge in [0.25, 0.3) is 0 Å². The van der Waals surface area contributed by atoms with Gasteiger partial charge in [0, 0.05) is 12.5 Å². The third-order valence-electron chi connectivity index (χ3n) is 2.30. The van der Waals surface area contributed by atoms with Crippen LogP contribution in [0.25, 0.3) is 0 Å². The van der Waals surface area contributed by atoms with Crippen LogP contribution in [0.5, 0.6) is 0 Å². The normalized spacial score (nSPS) is 8.82. The van der Waals surface area contributed by atoms with Crippen molar-refractivity contribution in [3.8, 4) is 17.9 Å². The minimum atomic E-state index is -0.0902. The van der Waals surface area contributed by atoms with Crippen LogP contribution < -0.4 is 5.32 Å². The summed E-state index contributed by atoms with van der Waals surface area (Å²) in [6.45, 7) is 5.65. The van der Waals surface area contributed by atoms with Gasteiger partial charge in [0.15, 0.2) is 0 Å². The van der Waals surface area contributed by atoms with Crippen LogP contribution in [0.2, 0.25) is 0 Å². The first-order chi connectivity index (χ1) is 8.04. The second-order valence-corrected chi connectivity index (χ2v) is 3.81. The summed E-state index contributed by atoms with van der Waals surface area (Å²) in [5.74, 6) is 5.81. The molecule has 0 aromatic heterocycles. The minimum absolute atomic E-state index is 0.0902. The van der Waals surface area contributed by atoms with E-state index in [0.717, 1.165) is 16.7 Å². The number of benzene rings is 1. The van der Waals surface area contributed by atoms with Crippen LogP contribution in [0.3, 0.4) is 0 Å². The van der Waals surface area contributed by atoms with E-state index < -0.39 is 0 Å². The van der Waals surface area contributed by atoms with E-state index >= 15 is 0 Å². The molecule has 1 aromatic rings. The highest BCUT2D eigenvalue weighted by molar-refractivity contribution is 5.73. The number of nitrogens with zero attached hydrogens (tertiary/aromatic N) is 1. The first kappa shape index (κ1) is 12.8. The van der Waals surface area contributed by atoms with Gasteiger partial charge in [-0.3, -0.25) is 4.79 Å². The van der Waals surface area contributed by atoms with Gasteiger partial charge >= 0.3 is 0 Å². The van der Waals surface area contributed by atoms with Gasteiger partial charge in [-0.2, -0.15) is 5.26 Å². The van der Waals surface area contributed by atoms with Crippen LogP contribution in [-0.4, -0.2) is 12.5 Å². The molecule has 0 aliphatic heterocycles. The van der Waals surface area contributed by atoms with Crippen LogP contribution in [-0.2, 0) is 4.79 Å². The Morgan fingerprint density at radius 1 is 1.35 bits per heavy atom. The van der Waals surface area contributed by atoms with Crippen LogP contribution >= 0.6 is 0 Å². The molecule has 0 fully saturated rings. The molecule has 3 heteroatoms. The molecule has 1 aromatic carbocycles. The standard InChI is InChI=1S/C14H14N2O/c1-10-7-13(9-15)8-11(2)14(10)5-4-6-16-12(3)17/h7-8H,6H2,1-3H3,(H,16,17). The van der Waals surface area contributed by atoms with Crippen LogP contribution in [0.1, 0.15) is 29.2 Å². The molecule has 1 rings (SSSR count). The zero-order valence-corrected chi connectivity index (χ0v) is 10.2. The molecule has 0 heterocycles. The number of nitriles is 1. The number of amides is 1. The molecule has 0 unspecified atom stereocenters. The molecule has 0 bridgehead atoms. The maximum absolute atomic E-state index is 10.7. The first-order valence-corrected chi connectivity index (χ1v) is 5.29. The second kappa shape index (κ2) is 5.72. The van der Waals surface area contributed by atoms with Gasteiger partial charge in [0.1, 0.15) is 0 Å². The fourth-order valence-corrected chi connectivity index (χ4v) is 1.53. The average molecular weight is 226 g/mol. The van der Waals surface area contributed by atoms with Crippen molar-refractivity contribution in [2.75, 3.05) is 6.54 Å². The molecule has 1 amide bonds. The predicted octanol–water partition coefficient (Wildman–Crippen LogP) is 1.66. The zero-order valence-electron chi connectivity index (χ0n) is 10.2. The van der Waals surface area contributed by atoms with Crippen molar-refractivity contribution in [2.45, 2.75) is 20.8 Å². The lowest BCUT2D eigenvalue weighted by molar-refractivity contribution is -0.118. The Kier molecular flexibility index (Phi) is 4.31. The van der Waals surface area contributed by atoms with E-state index in [0.29, 0.717) is 12.1 Å². The summed E-state index contributed by atoms with van der Waals surface area (Å²) in [5.41, 5.74) is 3.54. The molecule has 1 N–H and O–H groups in total. The van der Waals surface area contributed by atoms with E-state index in [9.17, 15) is 4.79 Å². The van der Waals surface area contributed by atoms with Gasteiger partial charge in [0.2, 0.25) is 5.91 Å². The minimum Gasteiger partial charge on any atom is -0.345 e. The molecule has 17 heavy (non-hydrogen) atoms. The number of carbonyl (C=O) groups is 1. The lowest BCUT2D eigenvalue weighted by Crippen LogP contribution is -2.19. The van der Waals surface area contributed by atoms with Gasteiger partial charge in [-0.05, 0) is 37.1 Å². The van der Waals surface area contributed by atoms with Gasteiger partial charge in [-0.25, -0.2) is 0 Å². The summed E-state index contributed by atoms with van der Waals surface area (Å²) in [5, 5.41) is 11.4. The molecule has 86 valence electrons. The molecule has 0 aliphatic carbocycles. The maximum atomic E-state index is 10.7. The van der Waals surface area contributed by atoms with E-state index in [-0.39, 0.29) is 5.91 Å². The molecular formula is C14H14N2O. The molecular weight excluding hydrogens is 212 g/mol. The fourth-order valence-electron chi connectivity index (χ4n) is 1.53. The third-order valence-corrected chi connectivity index (χ3v) is 2.30. The summed E-state index contributed by atoms with van der Waals surface area (Å²) < 4.78 is 0. The molecule has 0 spiro atoms. The number of rotatable bonds is 1. The summed E-state index contributed by atoms with van der Waals surface area (Å²) >= 11 is 0. The van der Waals surface area contributed by atoms with Gasteiger partial charge in [0.05, 0.1) is 18.2 Å². The number of carbonyl (C=O) groups excluding carboxylic acids is 1. The van der Waals surface area contributed by atoms with Crippen LogP contribution in [0.4, 0.5) is 0 Å². The van der Waals surface area contributed by atoms with Crippen molar-refractivity contribution < 1.29 is 4.79 Å². The molecule has 3 nitrogen and oxygen atoms in total. The van der Waals surface area contributed by atoms with Crippen molar-refractivity contribution in [3.05, 3.63) is 34.4 Å². The quantitative estimate of drug-likeness (QED) is 0.740. The largest absolute Gasteiger partial charge is 0.345 e. The maximum Gasteiger partial charge on any atom is 0.217 e.